The van der Waals surface area contributed by atoms with Crippen LogP contribution in [0.1, 0.15) is 30.6 Å². The lowest BCUT2D eigenvalue weighted by Gasteiger charge is -2.05. The van der Waals surface area contributed by atoms with Crippen molar-refractivity contribution in [3.05, 3.63) is 36.0 Å². The standard InChI is InChI=1S/C14H17NO2/c1-10(2)7-8-17-14(16)12-9-15-13-6-4-3-5-11(12)13/h3-6,9-10,15H,7-8H2,1-2H3. The number of hydrogen-bond acceptors (Lipinski definition) is 2. The Bertz CT molecular complexity index is 514. The second-order valence-electron chi connectivity index (χ2n) is 4.57. The molecule has 2 aromatic rings. The molecule has 1 heterocycles. The number of H-pyrrole nitrogens is 1. The lowest BCUT2D eigenvalue weighted by Crippen LogP contribution is -2.07. The third-order valence-electron chi connectivity index (χ3n) is 2.74. The minimum Gasteiger partial charge on any atom is -0.462 e. The fraction of sp³-hybridized carbons (Fsp3) is 0.357. The first-order valence-corrected chi connectivity index (χ1v) is 5.91. The molecule has 0 fully saturated rings. The molecule has 1 aromatic heterocycles. The molecule has 0 saturated heterocycles. The SMILES string of the molecule is CC(C)CCOC(=O)c1c[nH]c2ccccc12. The number of esters is 1. The average molecular weight is 231 g/mol. The van der Waals surface area contributed by atoms with Gasteiger partial charge in [-0.1, -0.05) is 32.0 Å². The van der Waals surface area contributed by atoms with Gasteiger partial charge in [-0.05, 0) is 18.4 Å². The number of nitrogens with one attached hydrogen (secondary N) is 1. The quantitative estimate of drug-likeness (QED) is 0.820. The predicted octanol–water partition coefficient (Wildman–Crippen LogP) is 3.37. The Hall–Kier alpha value is -1.77. The van der Waals surface area contributed by atoms with Gasteiger partial charge in [0.05, 0.1) is 12.2 Å². The maximum absolute atomic E-state index is 11.9. The summed E-state index contributed by atoms with van der Waals surface area (Å²) in [4.78, 5) is 14.9. The third-order valence-corrected chi connectivity index (χ3v) is 2.74. The number of aromatic amines is 1. The highest BCUT2D eigenvalue weighted by atomic mass is 16.5. The first kappa shape index (κ1) is 11.7. The normalized spacial score (nSPS) is 11.0. The number of para-hydroxylation sites is 1. The highest BCUT2D eigenvalue weighted by Gasteiger charge is 2.12. The van der Waals surface area contributed by atoms with Gasteiger partial charge in [-0.2, -0.15) is 0 Å². The Kier molecular flexibility index (Phi) is 3.47. The molecule has 90 valence electrons. The number of aromatic nitrogens is 1. The van der Waals surface area contributed by atoms with Crippen molar-refractivity contribution in [1.29, 1.82) is 0 Å². The van der Waals surface area contributed by atoms with Gasteiger partial charge in [-0.25, -0.2) is 4.79 Å². The molecule has 0 saturated carbocycles. The molecule has 0 unspecified atom stereocenters. The summed E-state index contributed by atoms with van der Waals surface area (Å²) in [7, 11) is 0. The van der Waals surface area contributed by atoms with Crippen molar-refractivity contribution in [1.82, 2.24) is 4.98 Å². The Labute approximate surface area is 101 Å². The number of fused-ring (bicyclic) bond motifs is 1. The molecular formula is C14H17NO2. The van der Waals surface area contributed by atoms with Crippen molar-refractivity contribution in [3.8, 4) is 0 Å². The van der Waals surface area contributed by atoms with Crippen molar-refractivity contribution in [2.75, 3.05) is 6.61 Å². The number of hydrogen-bond donors (Lipinski definition) is 1. The zero-order valence-electron chi connectivity index (χ0n) is 10.2. The maximum atomic E-state index is 11.9. The van der Waals surface area contributed by atoms with Crippen LogP contribution in [0.25, 0.3) is 10.9 Å². The number of rotatable bonds is 4. The first-order valence-electron chi connectivity index (χ1n) is 5.91. The molecule has 0 radical (unpaired) electrons. The van der Waals surface area contributed by atoms with Crippen LogP contribution < -0.4 is 0 Å². The number of ether oxygens (including phenoxy) is 1. The van der Waals surface area contributed by atoms with E-state index in [1.165, 1.54) is 0 Å². The summed E-state index contributed by atoms with van der Waals surface area (Å²) in [5.41, 5.74) is 1.58. The highest BCUT2D eigenvalue weighted by molar-refractivity contribution is 6.03. The van der Waals surface area contributed by atoms with E-state index in [1.807, 2.05) is 24.3 Å². The number of carbonyl (C=O) groups excluding carboxylic acids is 1. The summed E-state index contributed by atoms with van der Waals surface area (Å²) < 4.78 is 5.25. The maximum Gasteiger partial charge on any atom is 0.340 e. The lowest BCUT2D eigenvalue weighted by molar-refractivity contribution is 0.0490. The molecule has 0 bridgehead atoms. The van der Waals surface area contributed by atoms with E-state index in [0.29, 0.717) is 18.1 Å². The molecular weight excluding hydrogens is 214 g/mol. The molecule has 0 spiro atoms. The molecule has 2 rings (SSSR count). The lowest BCUT2D eigenvalue weighted by atomic mass is 10.1. The monoisotopic (exact) mass is 231 g/mol. The van der Waals surface area contributed by atoms with Crippen LogP contribution >= 0.6 is 0 Å². The molecule has 3 heteroatoms. The summed E-state index contributed by atoms with van der Waals surface area (Å²) in [6.07, 6.45) is 2.61. The molecule has 0 atom stereocenters. The van der Waals surface area contributed by atoms with Gasteiger partial charge >= 0.3 is 5.97 Å². The summed E-state index contributed by atoms with van der Waals surface area (Å²) in [6, 6.07) is 7.72. The van der Waals surface area contributed by atoms with Crippen molar-refractivity contribution in [2.45, 2.75) is 20.3 Å². The molecule has 1 N–H and O–H groups in total. The topological polar surface area (TPSA) is 42.1 Å². The van der Waals surface area contributed by atoms with Gasteiger partial charge in [-0.3, -0.25) is 0 Å². The van der Waals surface area contributed by atoms with Gasteiger partial charge in [-0.15, -0.1) is 0 Å². The smallest absolute Gasteiger partial charge is 0.340 e. The van der Waals surface area contributed by atoms with Gasteiger partial charge in [0.15, 0.2) is 0 Å². The van der Waals surface area contributed by atoms with Crippen LogP contribution in [0.4, 0.5) is 0 Å². The largest absolute Gasteiger partial charge is 0.462 e. The fourth-order valence-electron chi connectivity index (χ4n) is 1.71. The molecule has 1 aromatic carbocycles. The first-order chi connectivity index (χ1) is 8.18. The van der Waals surface area contributed by atoms with Gasteiger partial charge in [0, 0.05) is 17.1 Å². The summed E-state index contributed by atoms with van der Waals surface area (Å²) in [5, 5.41) is 0.919. The third kappa shape index (κ3) is 2.67. The Morgan fingerprint density at radius 1 is 1.35 bits per heavy atom. The van der Waals surface area contributed by atoms with Crippen LogP contribution in [-0.2, 0) is 4.74 Å². The van der Waals surface area contributed by atoms with E-state index in [1.54, 1.807) is 6.20 Å². The molecule has 17 heavy (non-hydrogen) atoms. The predicted molar refractivity (Wildman–Crippen MR) is 68.0 cm³/mol. The highest BCUT2D eigenvalue weighted by Crippen LogP contribution is 2.18. The van der Waals surface area contributed by atoms with Crippen molar-refractivity contribution < 1.29 is 9.53 Å². The van der Waals surface area contributed by atoms with Crippen molar-refractivity contribution in [2.24, 2.45) is 5.92 Å². The summed E-state index contributed by atoms with van der Waals surface area (Å²) >= 11 is 0. The minimum atomic E-state index is -0.247. The molecule has 3 nitrogen and oxygen atoms in total. The van der Waals surface area contributed by atoms with Crippen LogP contribution in [0.5, 0.6) is 0 Å². The molecule has 0 aliphatic heterocycles. The van der Waals surface area contributed by atoms with E-state index in [9.17, 15) is 4.79 Å². The average Bonchev–Trinajstić information content (AvgIpc) is 2.72. The van der Waals surface area contributed by atoms with E-state index < -0.39 is 0 Å². The van der Waals surface area contributed by atoms with Crippen LogP contribution in [0.2, 0.25) is 0 Å². The Balaban J connectivity index is 2.09. The number of benzene rings is 1. The zero-order chi connectivity index (χ0) is 12.3. The second-order valence-corrected chi connectivity index (χ2v) is 4.57. The van der Waals surface area contributed by atoms with E-state index in [0.717, 1.165) is 17.3 Å². The Morgan fingerprint density at radius 2 is 2.12 bits per heavy atom. The molecule has 0 amide bonds. The van der Waals surface area contributed by atoms with Crippen LogP contribution in [0, 0.1) is 5.92 Å². The van der Waals surface area contributed by atoms with E-state index in [4.69, 9.17) is 4.74 Å². The number of carbonyl (C=O) groups is 1. The summed E-state index contributed by atoms with van der Waals surface area (Å²) in [6.45, 7) is 4.70. The van der Waals surface area contributed by atoms with Crippen LogP contribution in [-0.4, -0.2) is 17.6 Å². The Morgan fingerprint density at radius 3 is 2.88 bits per heavy atom. The van der Waals surface area contributed by atoms with E-state index in [-0.39, 0.29) is 5.97 Å². The van der Waals surface area contributed by atoms with Gasteiger partial charge in [0.1, 0.15) is 0 Å². The molecule has 0 aliphatic rings. The second kappa shape index (κ2) is 5.04. The van der Waals surface area contributed by atoms with Gasteiger partial charge < -0.3 is 9.72 Å². The van der Waals surface area contributed by atoms with Crippen molar-refractivity contribution >= 4 is 16.9 Å². The van der Waals surface area contributed by atoms with E-state index in [2.05, 4.69) is 18.8 Å². The van der Waals surface area contributed by atoms with Gasteiger partial charge in [0.2, 0.25) is 0 Å². The molecule has 0 aliphatic carbocycles. The zero-order valence-corrected chi connectivity index (χ0v) is 10.2. The van der Waals surface area contributed by atoms with Crippen LogP contribution in [0.15, 0.2) is 30.5 Å². The van der Waals surface area contributed by atoms with E-state index >= 15 is 0 Å². The van der Waals surface area contributed by atoms with Gasteiger partial charge in [0.25, 0.3) is 0 Å². The summed E-state index contributed by atoms with van der Waals surface area (Å²) in [5.74, 6) is 0.300. The van der Waals surface area contributed by atoms with Crippen LogP contribution in [0.3, 0.4) is 0 Å². The van der Waals surface area contributed by atoms with Crippen molar-refractivity contribution in [3.63, 3.8) is 0 Å². The fourth-order valence-corrected chi connectivity index (χ4v) is 1.71. The minimum absolute atomic E-state index is 0.247.